The normalized spacial score (nSPS) is 11.9. The number of methoxy groups -OCH3 is 2. The number of carbonyl (C=O) groups is 1. The first kappa shape index (κ1) is 13.2. The van der Waals surface area contributed by atoms with Gasteiger partial charge in [0, 0.05) is 13.2 Å². The maximum atomic E-state index is 11.3. The van der Waals surface area contributed by atoms with Crippen LogP contribution in [0.4, 0.5) is 11.5 Å². The number of anilines is 2. The number of rotatable bonds is 5. The summed E-state index contributed by atoms with van der Waals surface area (Å²) in [6, 6.07) is 3.18. The van der Waals surface area contributed by atoms with E-state index in [-0.39, 0.29) is 11.7 Å². The second-order valence-electron chi connectivity index (χ2n) is 3.63. The van der Waals surface area contributed by atoms with Crippen molar-refractivity contribution in [3.8, 4) is 0 Å². The van der Waals surface area contributed by atoms with Crippen LogP contribution < -0.4 is 11.1 Å². The third-order valence-electron chi connectivity index (χ3n) is 2.12. The Kier molecular flexibility index (Phi) is 4.71. The fraction of sp³-hybridized carbons (Fsp3) is 0.455. The SMILES string of the molecule is COCC(C)Nc1nc(C(=O)OC)ccc1N. The molecule has 17 heavy (non-hydrogen) atoms. The van der Waals surface area contributed by atoms with Gasteiger partial charge in [-0.1, -0.05) is 0 Å². The number of pyridine rings is 1. The first-order valence-corrected chi connectivity index (χ1v) is 5.18. The van der Waals surface area contributed by atoms with Crippen LogP contribution in [0.2, 0.25) is 0 Å². The molecule has 6 nitrogen and oxygen atoms in total. The van der Waals surface area contributed by atoms with E-state index in [0.29, 0.717) is 18.1 Å². The van der Waals surface area contributed by atoms with E-state index in [2.05, 4.69) is 15.0 Å². The molecule has 1 heterocycles. The lowest BCUT2D eigenvalue weighted by Gasteiger charge is -2.15. The Hall–Kier alpha value is -1.82. The highest BCUT2D eigenvalue weighted by atomic mass is 16.5. The molecule has 0 bridgehead atoms. The maximum Gasteiger partial charge on any atom is 0.356 e. The van der Waals surface area contributed by atoms with Crippen molar-refractivity contribution in [1.82, 2.24) is 4.98 Å². The van der Waals surface area contributed by atoms with E-state index < -0.39 is 5.97 Å². The molecular weight excluding hydrogens is 222 g/mol. The summed E-state index contributed by atoms with van der Waals surface area (Å²) in [6.07, 6.45) is 0. The predicted octanol–water partition coefficient (Wildman–Crippen LogP) is 0.897. The lowest BCUT2D eigenvalue weighted by atomic mass is 10.3. The molecule has 1 atom stereocenters. The molecule has 0 saturated heterocycles. The van der Waals surface area contributed by atoms with Crippen LogP contribution in [0.1, 0.15) is 17.4 Å². The molecule has 1 aromatic rings. The molecule has 94 valence electrons. The molecule has 1 unspecified atom stereocenters. The van der Waals surface area contributed by atoms with Crippen molar-refractivity contribution in [2.24, 2.45) is 0 Å². The predicted molar refractivity (Wildman–Crippen MR) is 64.9 cm³/mol. The Balaban J connectivity index is 2.86. The monoisotopic (exact) mass is 239 g/mol. The number of esters is 1. The molecule has 0 aliphatic rings. The van der Waals surface area contributed by atoms with Crippen molar-refractivity contribution in [3.05, 3.63) is 17.8 Å². The number of nitrogens with one attached hydrogen (secondary N) is 1. The van der Waals surface area contributed by atoms with Gasteiger partial charge in [-0.15, -0.1) is 0 Å². The molecule has 1 rings (SSSR count). The van der Waals surface area contributed by atoms with E-state index in [4.69, 9.17) is 10.5 Å². The van der Waals surface area contributed by atoms with E-state index >= 15 is 0 Å². The summed E-state index contributed by atoms with van der Waals surface area (Å²) in [5.41, 5.74) is 6.45. The number of carbonyl (C=O) groups excluding carboxylic acids is 1. The zero-order valence-corrected chi connectivity index (χ0v) is 10.2. The molecule has 1 aromatic heterocycles. The van der Waals surface area contributed by atoms with Gasteiger partial charge in [0.05, 0.1) is 19.4 Å². The van der Waals surface area contributed by atoms with Crippen LogP contribution in [-0.4, -0.2) is 37.8 Å². The molecule has 6 heteroatoms. The van der Waals surface area contributed by atoms with Crippen LogP contribution >= 0.6 is 0 Å². The van der Waals surface area contributed by atoms with Crippen molar-refractivity contribution in [2.45, 2.75) is 13.0 Å². The van der Waals surface area contributed by atoms with E-state index in [0.717, 1.165) is 0 Å². The van der Waals surface area contributed by atoms with Crippen LogP contribution in [0.5, 0.6) is 0 Å². The van der Waals surface area contributed by atoms with Gasteiger partial charge in [0.2, 0.25) is 0 Å². The fourth-order valence-corrected chi connectivity index (χ4v) is 1.33. The number of hydrogen-bond acceptors (Lipinski definition) is 6. The molecule has 3 N–H and O–H groups in total. The average molecular weight is 239 g/mol. The zero-order chi connectivity index (χ0) is 12.8. The zero-order valence-electron chi connectivity index (χ0n) is 10.2. The highest BCUT2D eigenvalue weighted by Gasteiger charge is 2.11. The van der Waals surface area contributed by atoms with Crippen molar-refractivity contribution in [2.75, 3.05) is 31.9 Å². The third kappa shape index (κ3) is 3.60. The first-order valence-electron chi connectivity index (χ1n) is 5.18. The summed E-state index contributed by atoms with van der Waals surface area (Å²) >= 11 is 0. The fourth-order valence-electron chi connectivity index (χ4n) is 1.33. The molecule has 0 amide bonds. The van der Waals surface area contributed by atoms with Gasteiger partial charge in [-0.2, -0.15) is 0 Å². The van der Waals surface area contributed by atoms with Crippen molar-refractivity contribution in [1.29, 1.82) is 0 Å². The molecular formula is C11H17N3O3. The average Bonchev–Trinajstić information content (AvgIpc) is 2.31. The summed E-state index contributed by atoms with van der Waals surface area (Å²) < 4.78 is 9.58. The van der Waals surface area contributed by atoms with Gasteiger partial charge < -0.3 is 20.5 Å². The van der Waals surface area contributed by atoms with Crippen molar-refractivity contribution in [3.63, 3.8) is 0 Å². The number of hydrogen-bond donors (Lipinski definition) is 2. The number of ether oxygens (including phenoxy) is 2. The first-order chi connectivity index (χ1) is 8.08. The Labute approximate surface area is 100 Å². The standard InChI is InChI=1S/C11H17N3O3/c1-7(6-16-2)13-10-8(12)4-5-9(14-10)11(15)17-3/h4-5,7H,6,12H2,1-3H3,(H,13,14). The summed E-state index contributed by atoms with van der Waals surface area (Å²) in [5, 5.41) is 3.06. The summed E-state index contributed by atoms with van der Waals surface area (Å²) in [5.74, 6) is -0.0371. The highest BCUT2D eigenvalue weighted by molar-refractivity contribution is 5.88. The Morgan fingerprint density at radius 1 is 1.53 bits per heavy atom. The molecule has 0 aliphatic heterocycles. The lowest BCUT2D eigenvalue weighted by molar-refractivity contribution is 0.0594. The van der Waals surface area contributed by atoms with Gasteiger partial charge in [0.15, 0.2) is 5.69 Å². The molecule has 0 saturated carbocycles. The topological polar surface area (TPSA) is 86.5 Å². The Morgan fingerprint density at radius 3 is 2.82 bits per heavy atom. The van der Waals surface area contributed by atoms with Crippen LogP contribution in [0.25, 0.3) is 0 Å². The van der Waals surface area contributed by atoms with Gasteiger partial charge in [-0.05, 0) is 19.1 Å². The van der Waals surface area contributed by atoms with Crippen molar-refractivity contribution < 1.29 is 14.3 Å². The van der Waals surface area contributed by atoms with Gasteiger partial charge in [-0.25, -0.2) is 9.78 Å². The van der Waals surface area contributed by atoms with E-state index in [9.17, 15) is 4.79 Å². The Bertz CT molecular complexity index is 396. The number of nitrogens with two attached hydrogens (primary N) is 1. The van der Waals surface area contributed by atoms with E-state index in [1.54, 1.807) is 13.2 Å². The lowest BCUT2D eigenvalue weighted by Crippen LogP contribution is -2.22. The van der Waals surface area contributed by atoms with E-state index in [1.807, 2.05) is 6.92 Å². The van der Waals surface area contributed by atoms with E-state index in [1.165, 1.54) is 13.2 Å². The van der Waals surface area contributed by atoms with Crippen LogP contribution in [-0.2, 0) is 9.47 Å². The second kappa shape index (κ2) is 6.05. The molecule has 0 aliphatic carbocycles. The molecule has 0 spiro atoms. The quantitative estimate of drug-likeness (QED) is 0.742. The number of aromatic nitrogens is 1. The van der Waals surface area contributed by atoms with Gasteiger partial charge in [-0.3, -0.25) is 0 Å². The third-order valence-corrected chi connectivity index (χ3v) is 2.12. The second-order valence-corrected chi connectivity index (χ2v) is 3.63. The largest absolute Gasteiger partial charge is 0.464 e. The highest BCUT2D eigenvalue weighted by Crippen LogP contribution is 2.17. The minimum absolute atomic E-state index is 0.0442. The number of nitrogen functional groups attached to an aromatic ring is 1. The Morgan fingerprint density at radius 2 is 2.24 bits per heavy atom. The van der Waals surface area contributed by atoms with Crippen LogP contribution in [0.3, 0.4) is 0 Å². The maximum absolute atomic E-state index is 11.3. The van der Waals surface area contributed by atoms with Crippen LogP contribution in [0, 0.1) is 0 Å². The number of nitrogens with zero attached hydrogens (tertiary/aromatic N) is 1. The minimum atomic E-state index is -0.493. The molecule has 0 fully saturated rings. The van der Waals surface area contributed by atoms with Gasteiger partial charge in [0.25, 0.3) is 0 Å². The molecule has 0 radical (unpaired) electrons. The smallest absolute Gasteiger partial charge is 0.356 e. The van der Waals surface area contributed by atoms with Gasteiger partial charge in [0.1, 0.15) is 5.82 Å². The summed E-state index contributed by atoms with van der Waals surface area (Å²) in [7, 11) is 2.92. The van der Waals surface area contributed by atoms with Gasteiger partial charge >= 0.3 is 5.97 Å². The summed E-state index contributed by atoms with van der Waals surface area (Å²) in [6.45, 7) is 2.44. The molecule has 0 aromatic carbocycles. The van der Waals surface area contributed by atoms with Crippen LogP contribution in [0.15, 0.2) is 12.1 Å². The van der Waals surface area contributed by atoms with Crippen molar-refractivity contribution >= 4 is 17.5 Å². The minimum Gasteiger partial charge on any atom is -0.464 e. The summed E-state index contributed by atoms with van der Waals surface area (Å²) in [4.78, 5) is 15.4.